The van der Waals surface area contributed by atoms with Crippen molar-refractivity contribution in [3.05, 3.63) is 105 Å². The topological polar surface area (TPSA) is 49.4 Å². The van der Waals surface area contributed by atoms with Gasteiger partial charge in [-0.05, 0) is 47.4 Å². The Hall–Kier alpha value is -2.18. The van der Waals surface area contributed by atoms with Gasteiger partial charge < -0.3 is 10.2 Å². The molecule has 0 aliphatic heterocycles. The second-order valence-electron chi connectivity index (χ2n) is 8.73. The molecule has 2 amide bonds. The molecule has 0 saturated heterocycles. The van der Waals surface area contributed by atoms with Crippen molar-refractivity contribution in [1.82, 2.24) is 10.2 Å². The number of hydrogen-bond acceptors (Lipinski definition) is 3. The van der Waals surface area contributed by atoms with Crippen LogP contribution in [0.1, 0.15) is 36.5 Å². The second kappa shape index (κ2) is 15.3. The average Bonchev–Trinajstić information content (AvgIpc) is 2.89. The fourth-order valence-electron chi connectivity index (χ4n) is 3.82. The number of unbranched alkanes of at least 4 members (excludes halogenated alkanes) is 1. The third-order valence-electron chi connectivity index (χ3n) is 5.87. The first-order valence-electron chi connectivity index (χ1n) is 12.2. The Kier molecular flexibility index (Phi) is 12.1. The number of nitrogens with zero attached hydrogens (tertiary/aromatic N) is 1. The van der Waals surface area contributed by atoms with E-state index in [1.807, 2.05) is 48.5 Å². The normalized spacial score (nSPS) is 11.7. The number of thioether (sulfide) groups is 1. The van der Waals surface area contributed by atoms with Gasteiger partial charge in [-0.25, -0.2) is 0 Å². The van der Waals surface area contributed by atoms with E-state index in [-0.39, 0.29) is 17.6 Å². The van der Waals surface area contributed by atoms with Gasteiger partial charge in [0.2, 0.25) is 11.8 Å². The van der Waals surface area contributed by atoms with E-state index in [9.17, 15) is 9.59 Å². The standard InChI is InChI=1S/C29H31Cl3N2O2S/c1-2-3-15-33-29(36)27(16-21-7-5-4-6-8-21)34(18-22-9-12-24(30)13-10-22)28(35)20-37-19-23-11-14-25(31)17-26(23)32/h4-14,17,27H,2-3,15-16,18-20H2,1H3,(H,33,36)/t27-/m1/s1. The van der Waals surface area contributed by atoms with Gasteiger partial charge in [-0.2, -0.15) is 0 Å². The van der Waals surface area contributed by atoms with Crippen molar-refractivity contribution in [3.63, 3.8) is 0 Å². The number of amides is 2. The lowest BCUT2D eigenvalue weighted by molar-refractivity contribution is -0.139. The van der Waals surface area contributed by atoms with Crippen LogP contribution < -0.4 is 5.32 Å². The van der Waals surface area contributed by atoms with Gasteiger partial charge in [0.25, 0.3) is 0 Å². The van der Waals surface area contributed by atoms with Crippen molar-refractivity contribution in [1.29, 1.82) is 0 Å². The second-order valence-corrected chi connectivity index (χ2v) is 11.0. The van der Waals surface area contributed by atoms with Crippen LogP contribution in [0.15, 0.2) is 72.8 Å². The number of carbonyl (C=O) groups is 2. The Balaban J connectivity index is 1.83. The summed E-state index contributed by atoms with van der Waals surface area (Å²) in [6.07, 6.45) is 2.28. The molecule has 37 heavy (non-hydrogen) atoms. The van der Waals surface area contributed by atoms with E-state index < -0.39 is 6.04 Å². The van der Waals surface area contributed by atoms with Gasteiger partial charge in [-0.15, -0.1) is 11.8 Å². The molecule has 0 aromatic heterocycles. The summed E-state index contributed by atoms with van der Waals surface area (Å²) in [4.78, 5) is 28.8. The van der Waals surface area contributed by atoms with Gasteiger partial charge in [-0.3, -0.25) is 9.59 Å². The number of benzene rings is 3. The van der Waals surface area contributed by atoms with E-state index in [4.69, 9.17) is 34.8 Å². The molecule has 8 heteroatoms. The Bertz CT molecular complexity index is 1160. The molecule has 0 aliphatic rings. The maximum absolute atomic E-state index is 13.7. The first-order valence-corrected chi connectivity index (χ1v) is 14.5. The zero-order valence-corrected chi connectivity index (χ0v) is 23.8. The van der Waals surface area contributed by atoms with E-state index in [1.165, 1.54) is 11.8 Å². The maximum atomic E-state index is 13.7. The highest BCUT2D eigenvalue weighted by atomic mass is 35.5. The summed E-state index contributed by atoms with van der Waals surface area (Å²) >= 11 is 19.9. The Morgan fingerprint density at radius 1 is 0.919 bits per heavy atom. The molecule has 0 fully saturated rings. The monoisotopic (exact) mass is 576 g/mol. The van der Waals surface area contributed by atoms with Crippen LogP contribution in [0, 0.1) is 0 Å². The molecule has 0 bridgehead atoms. The zero-order chi connectivity index (χ0) is 26.6. The molecule has 0 heterocycles. The highest BCUT2D eigenvalue weighted by Crippen LogP contribution is 2.25. The van der Waals surface area contributed by atoms with Crippen LogP contribution in [0.4, 0.5) is 0 Å². The van der Waals surface area contributed by atoms with E-state index in [2.05, 4.69) is 12.2 Å². The maximum Gasteiger partial charge on any atom is 0.243 e. The third-order valence-corrected chi connectivity index (χ3v) is 7.67. The smallest absolute Gasteiger partial charge is 0.243 e. The van der Waals surface area contributed by atoms with Crippen LogP contribution in [0.25, 0.3) is 0 Å². The summed E-state index contributed by atoms with van der Waals surface area (Å²) in [5.74, 6) is 0.504. The molecule has 196 valence electrons. The van der Waals surface area contributed by atoms with Crippen molar-refractivity contribution < 1.29 is 9.59 Å². The third kappa shape index (κ3) is 9.57. The van der Waals surface area contributed by atoms with E-state index >= 15 is 0 Å². The van der Waals surface area contributed by atoms with Crippen LogP contribution in [0.5, 0.6) is 0 Å². The number of carbonyl (C=O) groups excluding carboxylic acids is 2. The molecule has 0 spiro atoms. The lowest BCUT2D eigenvalue weighted by Crippen LogP contribution is -2.51. The number of halogens is 3. The largest absolute Gasteiger partial charge is 0.354 e. The summed E-state index contributed by atoms with van der Waals surface area (Å²) in [7, 11) is 0. The van der Waals surface area contributed by atoms with Crippen LogP contribution in [0.2, 0.25) is 15.1 Å². The Morgan fingerprint density at radius 3 is 2.30 bits per heavy atom. The summed E-state index contributed by atoms with van der Waals surface area (Å²) in [6.45, 7) is 2.96. The Labute approximate surface area is 238 Å². The molecule has 0 radical (unpaired) electrons. The van der Waals surface area contributed by atoms with Gasteiger partial charge in [0.1, 0.15) is 6.04 Å². The lowest BCUT2D eigenvalue weighted by atomic mass is 10.0. The molecule has 0 aliphatic carbocycles. The zero-order valence-electron chi connectivity index (χ0n) is 20.8. The van der Waals surface area contributed by atoms with Gasteiger partial charge in [0.15, 0.2) is 0 Å². The highest BCUT2D eigenvalue weighted by Gasteiger charge is 2.30. The molecule has 3 rings (SSSR count). The SMILES string of the molecule is CCCCNC(=O)[C@@H](Cc1ccccc1)N(Cc1ccc(Cl)cc1)C(=O)CSCc1ccc(Cl)cc1Cl. The molecule has 3 aromatic carbocycles. The van der Waals surface area contributed by atoms with Gasteiger partial charge in [-0.1, -0.05) is 96.7 Å². The van der Waals surface area contributed by atoms with Crippen molar-refractivity contribution in [2.45, 2.75) is 44.5 Å². The van der Waals surface area contributed by atoms with Gasteiger partial charge >= 0.3 is 0 Å². The first kappa shape index (κ1) is 29.4. The summed E-state index contributed by atoms with van der Waals surface area (Å²) < 4.78 is 0. The van der Waals surface area contributed by atoms with Crippen LogP contribution in [0.3, 0.4) is 0 Å². The summed E-state index contributed by atoms with van der Waals surface area (Å²) in [5.41, 5.74) is 2.81. The molecular weight excluding hydrogens is 547 g/mol. The predicted octanol–water partition coefficient (Wildman–Crippen LogP) is 7.44. The van der Waals surface area contributed by atoms with E-state index in [0.717, 1.165) is 29.5 Å². The fraction of sp³-hybridized carbons (Fsp3) is 0.310. The van der Waals surface area contributed by atoms with E-state index in [0.29, 0.717) is 40.3 Å². The minimum atomic E-state index is -0.651. The summed E-state index contributed by atoms with van der Waals surface area (Å²) in [6, 6.07) is 21.9. The average molecular weight is 578 g/mol. The van der Waals surface area contributed by atoms with E-state index in [1.54, 1.807) is 29.2 Å². The predicted molar refractivity (Wildman–Crippen MR) is 156 cm³/mol. The first-order chi connectivity index (χ1) is 17.9. The quantitative estimate of drug-likeness (QED) is 0.215. The number of hydrogen-bond donors (Lipinski definition) is 1. The number of nitrogens with one attached hydrogen (secondary N) is 1. The molecule has 0 saturated carbocycles. The minimum absolute atomic E-state index is 0.114. The summed E-state index contributed by atoms with van der Waals surface area (Å²) in [5, 5.41) is 4.80. The molecule has 1 atom stereocenters. The van der Waals surface area contributed by atoms with Crippen molar-refractivity contribution in [2.24, 2.45) is 0 Å². The lowest BCUT2D eigenvalue weighted by Gasteiger charge is -2.31. The molecule has 0 unspecified atom stereocenters. The fourth-order valence-corrected chi connectivity index (χ4v) is 5.41. The molecule has 3 aromatic rings. The Morgan fingerprint density at radius 2 is 1.62 bits per heavy atom. The van der Waals surface area contributed by atoms with Crippen molar-refractivity contribution in [3.8, 4) is 0 Å². The van der Waals surface area contributed by atoms with Gasteiger partial charge in [0, 0.05) is 40.3 Å². The van der Waals surface area contributed by atoms with Gasteiger partial charge in [0.05, 0.1) is 5.75 Å². The van der Waals surface area contributed by atoms with Crippen LogP contribution in [-0.4, -0.2) is 35.1 Å². The molecular formula is C29H31Cl3N2O2S. The van der Waals surface area contributed by atoms with Crippen LogP contribution in [-0.2, 0) is 28.3 Å². The highest BCUT2D eigenvalue weighted by molar-refractivity contribution is 7.99. The number of rotatable bonds is 13. The van der Waals surface area contributed by atoms with Crippen LogP contribution >= 0.6 is 46.6 Å². The molecule has 4 nitrogen and oxygen atoms in total. The molecule has 1 N–H and O–H groups in total. The minimum Gasteiger partial charge on any atom is -0.354 e. The van der Waals surface area contributed by atoms with Crippen molar-refractivity contribution in [2.75, 3.05) is 12.3 Å². The van der Waals surface area contributed by atoms with Crippen molar-refractivity contribution >= 4 is 58.4 Å².